The van der Waals surface area contributed by atoms with Gasteiger partial charge >= 0.3 is 0 Å². The lowest BCUT2D eigenvalue weighted by Gasteiger charge is -2.13. The van der Waals surface area contributed by atoms with Gasteiger partial charge in [-0.3, -0.25) is 0 Å². The monoisotopic (exact) mass is 273 g/mol. The van der Waals surface area contributed by atoms with Gasteiger partial charge in [-0.2, -0.15) is 0 Å². The number of sulfonamides is 1. The van der Waals surface area contributed by atoms with E-state index < -0.39 is 10.0 Å². The molecule has 0 amide bonds. The van der Waals surface area contributed by atoms with Gasteiger partial charge in [0.2, 0.25) is 10.0 Å². The van der Waals surface area contributed by atoms with E-state index in [-0.39, 0.29) is 18.4 Å². The molecule has 1 atom stereocenters. The first-order valence-corrected chi connectivity index (χ1v) is 6.88. The minimum Gasteiger partial charge on any atom is -0.384 e. The van der Waals surface area contributed by atoms with E-state index in [1.54, 1.807) is 0 Å². The topological polar surface area (TPSA) is 55.4 Å². The molecule has 0 aromatic rings. The van der Waals surface area contributed by atoms with Crippen LogP contribution in [0.1, 0.15) is 13.3 Å². The Kier molecular flexibility index (Phi) is 6.93. The minimum absolute atomic E-state index is 0.0208. The van der Waals surface area contributed by atoms with E-state index in [4.69, 9.17) is 4.74 Å². The van der Waals surface area contributed by atoms with Crippen molar-refractivity contribution in [3.05, 3.63) is 0 Å². The van der Waals surface area contributed by atoms with Crippen LogP contribution in [0, 0.1) is 0 Å². The first-order valence-electron chi connectivity index (χ1n) is 4.10. The van der Waals surface area contributed by atoms with Crippen LogP contribution in [0.5, 0.6) is 0 Å². The molecule has 4 nitrogen and oxygen atoms in total. The Morgan fingerprint density at radius 1 is 1.54 bits per heavy atom. The number of rotatable bonds is 7. The van der Waals surface area contributed by atoms with Crippen LogP contribution in [-0.2, 0) is 14.8 Å². The molecule has 6 heteroatoms. The lowest BCUT2D eigenvalue weighted by molar-refractivity contribution is 0.216. The van der Waals surface area contributed by atoms with Crippen molar-refractivity contribution < 1.29 is 13.2 Å². The van der Waals surface area contributed by atoms with E-state index in [0.29, 0.717) is 5.33 Å². The molecule has 80 valence electrons. The van der Waals surface area contributed by atoms with Crippen molar-refractivity contribution in [3.63, 3.8) is 0 Å². The van der Waals surface area contributed by atoms with E-state index in [9.17, 15) is 8.42 Å². The highest BCUT2D eigenvalue weighted by Crippen LogP contribution is 1.98. The van der Waals surface area contributed by atoms with E-state index in [0.717, 1.165) is 6.42 Å². The highest BCUT2D eigenvalue weighted by molar-refractivity contribution is 9.09. The minimum atomic E-state index is -3.17. The van der Waals surface area contributed by atoms with Crippen LogP contribution in [0.15, 0.2) is 0 Å². The summed E-state index contributed by atoms with van der Waals surface area (Å²) in [4.78, 5) is 0. The van der Waals surface area contributed by atoms with Crippen molar-refractivity contribution in [2.45, 2.75) is 19.4 Å². The molecule has 0 aliphatic rings. The second-order valence-corrected chi connectivity index (χ2v) is 5.21. The first-order chi connectivity index (χ1) is 6.05. The SMILES string of the molecule is CCC(CBr)NS(=O)(=O)CCOC. The zero-order valence-electron chi connectivity index (χ0n) is 7.92. The molecule has 0 spiro atoms. The van der Waals surface area contributed by atoms with Crippen molar-refractivity contribution in [1.29, 1.82) is 0 Å². The van der Waals surface area contributed by atoms with Crippen LogP contribution in [0.25, 0.3) is 0 Å². The summed E-state index contributed by atoms with van der Waals surface area (Å²) in [5.41, 5.74) is 0. The Morgan fingerprint density at radius 3 is 2.54 bits per heavy atom. The molecule has 0 aliphatic carbocycles. The van der Waals surface area contributed by atoms with Gasteiger partial charge < -0.3 is 4.74 Å². The maximum absolute atomic E-state index is 11.3. The maximum atomic E-state index is 11.3. The molecule has 0 aliphatic heterocycles. The molecule has 0 bridgehead atoms. The summed E-state index contributed by atoms with van der Waals surface area (Å²) < 4.78 is 29.9. The average Bonchev–Trinajstić information content (AvgIpc) is 2.11. The second kappa shape index (κ2) is 6.75. The van der Waals surface area contributed by atoms with Gasteiger partial charge in [0.05, 0.1) is 12.4 Å². The van der Waals surface area contributed by atoms with E-state index in [1.807, 2.05) is 6.92 Å². The smallest absolute Gasteiger partial charge is 0.214 e. The Hall–Kier alpha value is 0.350. The number of methoxy groups -OCH3 is 1. The molecule has 0 aromatic heterocycles. The summed E-state index contributed by atoms with van der Waals surface area (Å²) in [5, 5.41) is 0.635. The molecule has 0 aromatic carbocycles. The Labute approximate surface area is 88.2 Å². The molecule has 0 saturated carbocycles. The van der Waals surface area contributed by atoms with E-state index in [1.165, 1.54) is 7.11 Å². The van der Waals surface area contributed by atoms with Crippen LogP contribution in [0.3, 0.4) is 0 Å². The summed E-state index contributed by atoms with van der Waals surface area (Å²) in [6, 6.07) is -0.0261. The number of hydrogen-bond donors (Lipinski definition) is 1. The van der Waals surface area contributed by atoms with Crippen molar-refractivity contribution in [2.75, 3.05) is 24.8 Å². The van der Waals surface area contributed by atoms with Crippen LogP contribution in [0.4, 0.5) is 0 Å². The molecule has 1 N–H and O–H groups in total. The predicted molar refractivity (Wildman–Crippen MR) is 56.7 cm³/mol. The van der Waals surface area contributed by atoms with Crippen molar-refractivity contribution >= 4 is 26.0 Å². The molecule has 0 heterocycles. The third kappa shape index (κ3) is 6.42. The summed E-state index contributed by atoms with van der Waals surface area (Å²) in [5.74, 6) is 0.0208. The van der Waals surface area contributed by atoms with Gasteiger partial charge in [-0.1, -0.05) is 22.9 Å². The summed E-state index contributed by atoms with van der Waals surface area (Å²) >= 11 is 3.24. The first kappa shape index (κ1) is 13.4. The molecule has 1 unspecified atom stereocenters. The molecular formula is C7H16BrNO3S. The van der Waals surface area contributed by atoms with Gasteiger partial charge in [-0.05, 0) is 6.42 Å². The Bertz CT molecular complexity index is 214. The number of hydrogen-bond acceptors (Lipinski definition) is 3. The highest BCUT2D eigenvalue weighted by atomic mass is 79.9. The van der Waals surface area contributed by atoms with Crippen molar-refractivity contribution in [3.8, 4) is 0 Å². The fraction of sp³-hybridized carbons (Fsp3) is 1.00. The van der Waals surface area contributed by atoms with Gasteiger partial charge in [-0.25, -0.2) is 13.1 Å². The fourth-order valence-electron chi connectivity index (χ4n) is 0.730. The van der Waals surface area contributed by atoms with Gasteiger partial charge in [0.15, 0.2) is 0 Å². The normalized spacial score (nSPS) is 14.4. The summed E-state index contributed by atoms with van der Waals surface area (Å²) in [6.07, 6.45) is 0.775. The summed E-state index contributed by atoms with van der Waals surface area (Å²) in [7, 11) is -1.69. The lowest BCUT2D eigenvalue weighted by atomic mass is 10.3. The molecule has 0 rings (SSSR count). The quantitative estimate of drug-likeness (QED) is 0.696. The standard InChI is InChI=1S/C7H16BrNO3S/c1-3-7(6-8)9-13(10,11)5-4-12-2/h7,9H,3-6H2,1-2H3. The molecule has 0 saturated heterocycles. The molecule has 0 fully saturated rings. The van der Waals surface area contributed by atoms with Crippen LogP contribution in [0.2, 0.25) is 0 Å². The molecule has 0 radical (unpaired) electrons. The van der Waals surface area contributed by atoms with Crippen LogP contribution in [-0.4, -0.2) is 39.3 Å². The third-order valence-electron chi connectivity index (χ3n) is 1.58. The number of halogens is 1. The molecular weight excluding hydrogens is 258 g/mol. The lowest BCUT2D eigenvalue weighted by Crippen LogP contribution is -2.37. The third-order valence-corrected chi connectivity index (χ3v) is 3.76. The number of ether oxygens (including phenoxy) is 1. The van der Waals surface area contributed by atoms with Crippen molar-refractivity contribution in [2.24, 2.45) is 0 Å². The number of nitrogens with one attached hydrogen (secondary N) is 1. The Balaban J connectivity index is 4.00. The number of alkyl halides is 1. The zero-order chi connectivity index (χ0) is 10.3. The van der Waals surface area contributed by atoms with Gasteiger partial charge in [-0.15, -0.1) is 0 Å². The van der Waals surface area contributed by atoms with Gasteiger partial charge in [0.1, 0.15) is 0 Å². The average molecular weight is 274 g/mol. The fourth-order valence-corrected chi connectivity index (χ4v) is 2.83. The van der Waals surface area contributed by atoms with Gasteiger partial charge in [0.25, 0.3) is 0 Å². The largest absolute Gasteiger partial charge is 0.384 e. The van der Waals surface area contributed by atoms with Crippen LogP contribution >= 0.6 is 15.9 Å². The summed E-state index contributed by atoms with van der Waals surface area (Å²) in [6.45, 7) is 2.17. The zero-order valence-corrected chi connectivity index (χ0v) is 10.3. The van der Waals surface area contributed by atoms with Crippen LogP contribution < -0.4 is 4.72 Å². The van der Waals surface area contributed by atoms with Gasteiger partial charge in [0, 0.05) is 18.5 Å². The molecule has 13 heavy (non-hydrogen) atoms. The van der Waals surface area contributed by atoms with E-state index >= 15 is 0 Å². The van der Waals surface area contributed by atoms with Crippen molar-refractivity contribution in [1.82, 2.24) is 4.72 Å². The van der Waals surface area contributed by atoms with E-state index in [2.05, 4.69) is 20.7 Å². The Morgan fingerprint density at radius 2 is 2.15 bits per heavy atom. The second-order valence-electron chi connectivity index (χ2n) is 2.69. The maximum Gasteiger partial charge on any atom is 0.214 e. The highest BCUT2D eigenvalue weighted by Gasteiger charge is 2.14. The predicted octanol–water partition coefficient (Wildman–Crippen LogP) is 0.726.